The molecule has 1 rings (SSSR count). The minimum Gasteiger partial charge on any atom is -0.386 e. The van der Waals surface area contributed by atoms with Gasteiger partial charge in [0.2, 0.25) is 0 Å². The molecule has 62 valence electrons. The number of nitrogens with zero attached hydrogens (tertiary/aromatic N) is 1. The predicted octanol–water partition coefficient (Wildman–Crippen LogP) is 1.56. The lowest BCUT2D eigenvalue weighted by atomic mass is 10.1. The van der Waals surface area contributed by atoms with Crippen molar-refractivity contribution in [3.8, 4) is 6.07 Å². The van der Waals surface area contributed by atoms with Crippen molar-refractivity contribution in [2.75, 3.05) is 6.67 Å². The number of nitriles is 1. The summed E-state index contributed by atoms with van der Waals surface area (Å²) in [7, 11) is 0. The van der Waals surface area contributed by atoms with Gasteiger partial charge in [0, 0.05) is 0 Å². The summed E-state index contributed by atoms with van der Waals surface area (Å²) in [5.74, 6) is 0. The molecule has 3 heteroatoms. The van der Waals surface area contributed by atoms with Crippen LogP contribution in [0, 0.1) is 11.3 Å². The van der Waals surface area contributed by atoms with Crippen LogP contribution in [0.4, 0.5) is 4.39 Å². The minimum absolute atomic E-state index is 0.497. The molecule has 1 aromatic rings. The maximum Gasteiger partial charge on any atom is 0.119 e. The van der Waals surface area contributed by atoms with E-state index < -0.39 is 12.8 Å². The van der Waals surface area contributed by atoms with Gasteiger partial charge in [-0.05, 0) is 17.7 Å². The van der Waals surface area contributed by atoms with Crippen LogP contribution in [0.3, 0.4) is 0 Å². The molecule has 0 radical (unpaired) electrons. The maximum absolute atomic E-state index is 11.9. The lowest BCUT2D eigenvalue weighted by molar-refractivity contribution is 0.142. The first-order valence-corrected chi connectivity index (χ1v) is 3.52. The highest BCUT2D eigenvalue weighted by Crippen LogP contribution is 2.13. The Balaban J connectivity index is 2.86. The number of aliphatic hydroxyl groups is 1. The quantitative estimate of drug-likeness (QED) is 0.722. The van der Waals surface area contributed by atoms with Crippen molar-refractivity contribution in [1.29, 1.82) is 5.26 Å². The van der Waals surface area contributed by atoms with Crippen LogP contribution in [0.5, 0.6) is 0 Å². The molecule has 0 heterocycles. The second kappa shape index (κ2) is 3.84. The molecule has 0 fully saturated rings. The Morgan fingerprint density at radius 1 is 1.42 bits per heavy atom. The van der Waals surface area contributed by atoms with Gasteiger partial charge < -0.3 is 5.11 Å². The average molecular weight is 165 g/mol. The third-order valence-corrected chi connectivity index (χ3v) is 1.57. The second-order valence-corrected chi connectivity index (χ2v) is 2.40. The van der Waals surface area contributed by atoms with Crippen LogP contribution in [0.25, 0.3) is 0 Å². The molecule has 0 saturated carbocycles. The van der Waals surface area contributed by atoms with Gasteiger partial charge in [-0.15, -0.1) is 0 Å². The largest absolute Gasteiger partial charge is 0.386 e. The molecule has 0 spiro atoms. The highest BCUT2D eigenvalue weighted by Gasteiger charge is 2.05. The summed E-state index contributed by atoms with van der Waals surface area (Å²) in [5, 5.41) is 17.5. The lowest BCUT2D eigenvalue weighted by Crippen LogP contribution is -1.98. The number of benzene rings is 1. The van der Waals surface area contributed by atoms with E-state index >= 15 is 0 Å². The Bertz CT molecular complexity index is 288. The van der Waals surface area contributed by atoms with E-state index in [2.05, 4.69) is 0 Å². The SMILES string of the molecule is N#Cc1ccc([C@@H](O)CF)cc1. The molecule has 0 bridgehead atoms. The van der Waals surface area contributed by atoms with E-state index in [-0.39, 0.29) is 0 Å². The van der Waals surface area contributed by atoms with Crippen molar-refractivity contribution in [2.24, 2.45) is 0 Å². The molecule has 2 nitrogen and oxygen atoms in total. The fourth-order valence-electron chi connectivity index (χ4n) is 0.869. The summed E-state index contributed by atoms with van der Waals surface area (Å²) in [5.41, 5.74) is 1.00. The van der Waals surface area contributed by atoms with Gasteiger partial charge >= 0.3 is 0 Å². The van der Waals surface area contributed by atoms with E-state index in [4.69, 9.17) is 10.4 Å². The minimum atomic E-state index is -1.07. The van der Waals surface area contributed by atoms with Gasteiger partial charge in [0.15, 0.2) is 0 Å². The van der Waals surface area contributed by atoms with Crippen molar-refractivity contribution in [1.82, 2.24) is 0 Å². The van der Waals surface area contributed by atoms with Crippen molar-refractivity contribution in [3.63, 3.8) is 0 Å². The van der Waals surface area contributed by atoms with E-state index in [0.717, 1.165) is 0 Å². The predicted molar refractivity (Wildman–Crippen MR) is 42.1 cm³/mol. The molecule has 0 saturated heterocycles. The monoisotopic (exact) mass is 165 g/mol. The van der Waals surface area contributed by atoms with E-state index in [9.17, 15) is 4.39 Å². The molecule has 0 unspecified atom stereocenters. The molecular formula is C9H8FNO. The molecule has 1 atom stereocenters. The zero-order valence-electron chi connectivity index (χ0n) is 6.37. The van der Waals surface area contributed by atoms with E-state index in [1.54, 1.807) is 24.3 Å². The Morgan fingerprint density at radius 3 is 2.42 bits per heavy atom. The smallest absolute Gasteiger partial charge is 0.119 e. The average Bonchev–Trinajstić information content (AvgIpc) is 2.17. The molecule has 0 aliphatic rings. The summed E-state index contributed by atoms with van der Waals surface area (Å²) in [6, 6.07) is 8.12. The fraction of sp³-hybridized carbons (Fsp3) is 0.222. The number of aliphatic hydroxyl groups excluding tert-OH is 1. The third kappa shape index (κ3) is 1.80. The van der Waals surface area contributed by atoms with Gasteiger partial charge in [0.25, 0.3) is 0 Å². The topological polar surface area (TPSA) is 44.0 Å². The standard InChI is InChI=1S/C9H8FNO/c10-5-9(12)8-3-1-7(6-11)2-4-8/h1-4,9,12H,5H2/t9-/m0/s1. The van der Waals surface area contributed by atoms with E-state index in [1.807, 2.05) is 6.07 Å². The number of rotatable bonds is 2. The molecule has 0 aromatic heterocycles. The summed E-state index contributed by atoms with van der Waals surface area (Å²) < 4.78 is 11.9. The molecule has 12 heavy (non-hydrogen) atoms. The van der Waals surface area contributed by atoms with Gasteiger partial charge in [-0.25, -0.2) is 4.39 Å². The Morgan fingerprint density at radius 2 is 2.00 bits per heavy atom. The van der Waals surface area contributed by atoms with Crippen LogP contribution in [0.2, 0.25) is 0 Å². The van der Waals surface area contributed by atoms with Crippen molar-refractivity contribution < 1.29 is 9.50 Å². The van der Waals surface area contributed by atoms with Gasteiger partial charge in [0.05, 0.1) is 11.6 Å². The molecule has 0 aliphatic carbocycles. The maximum atomic E-state index is 11.9. The van der Waals surface area contributed by atoms with Crippen molar-refractivity contribution in [3.05, 3.63) is 35.4 Å². The summed E-state index contributed by atoms with van der Waals surface area (Å²) in [4.78, 5) is 0. The van der Waals surface area contributed by atoms with Crippen molar-refractivity contribution >= 4 is 0 Å². The number of hydrogen-bond acceptors (Lipinski definition) is 2. The van der Waals surface area contributed by atoms with Crippen LogP contribution in [0.15, 0.2) is 24.3 Å². The van der Waals surface area contributed by atoms with Gasteiger partial charge in [-0.3, -0.25) is 0 Å². The highest BCUT2D eigenvalue weighted by atomic mass is 19.1. The first-order valence-electron chi connectivity index (χ1n) is 3.52. The molecule has 0 amide bonds. The summed E-state index contributed by atoms with van der Waals surface area (Å²) >= 11 is 0. The normalized spacial score (nSPS) is 12.1. The van der Waals surface area contributed by atoms with Gasteiger partial charge in [-0.2, -0.15) is 5.26 Å². The third-order valence-electron chi connectivity index (χ3n) is 1.57. The van der Waals surface area contributed by atoms with E-state index in [0.29, 0.717) is 11.1 Å². The first-order chi connectivity index (χ1) is 5.77. The van der Waals surface area contributed by atoms with Crippen LogP contribution < -0.4 is 0 Å². The van der Waals surface area contributed by atoms with Gasteiger partial charge in [-0.1, -0.05) is 12.1 Å². The van der Waals surface area contributed by atoms with Crippen LogP contribution in [-0.2, 0) is 0 Å². The molecular weight excluding hydrogens is 157 g/mol. The zero-order chi connectivity index (χ0) is 8.97. The van der Waals surface area contributed by atoms with Crippen LogP contribution >= 0.6 is 0 Å². The molecule has 1 N–H and O–H groups in total. The molecule has 1 aromatic carbocycles. The van der Waals surface area contributed by atoms with Crippen LogP contribution in [-0.4, -0.2) is 11.8 Å². The summed E-state index contributed by atoms with van der Waals surface area (Å²) in [6.45, 7) is -0.800. The van der Waals surface area contributed by atoms with Crippen LogP contribution in [0.1, 0.15) is 17.2 Å². The van der Waals surface area contributed by atoms with Gasteiger partial charge in [0.1, 0.15) is 12.8 Å². The van der Waals surface area contributed by atoms with Crippen molar-refractivity contribution in [2.45, 2.75) is 6.10 Å². The number of hydrogen-bond donors (Lipinski definition) is 1. The number of halogens is 1. The Labute approximate surface area is 69.9 Å². The second-order valence-electron chi connectivity index (χ2n) is 2.40. The highest BCUT2D eigenvalue weighted by molar-refractivity contribution is 5.32. The number of alkyl halides is 1. The Hall–Kier alpha value is -1.40. The molecule has 0 aliphatic heterocycles. The van der Waals surface area contributed by atoms with E-state index in [1.165, 1.54) is 0 Å². The Kier molecular flexibility index (Phi) is 2.78. The zero-order valence-corrected chi connectivity index (χ0v) is 6.37. The fourth-order valence-corrected chi connectivity index (χ4v) is 0.869. The first kappa shape index (κ1) is 8.69. The summed E-state index contributed by atoms with van der Waals surface area (Å²) in [6.07, 6.45) is -1.07. The lowest BCUT2D eigenvalue weighted by Gasteiger charge is -2.04.